The fraction of sp³-hybridized carbons (Fsp3) is 0.111. The van der Waals surface area contributed by atoms with E-state index in [0.29, 0.717) is 5.15 Å². The highest BCUT2D eigenvalue weighted by Gasteiger charge is 2.14. The second kappa shape index (κ2) is 6.23. The summed E-state index contributed by atoms with van der Waals surface area (Å²) in [5, 5.41) is 14.3. The number of pyridine rings is 3. The average molecular weight is 352 g/mol. The number of fused-ring (bicyclic) bond motifs is 1. The first-order valence-corrected chi connectivity index (χ1v) is 8.03. The van der Waals surface area contributed by atoms with Crippen molar-refractivity contribution in [3.63, 3.8) is 0 Å². The predicted octanol–water partition coefficient (Wildman–Crippen LogP) is 3.24. The molecule has 0 aliphatic carbocycles. The monoisotopic (exact) mass is 351 g/mol. The molecule has 4 rings (SSSR count). The van der Waals surface area contributed by atoms with Gasteiger partial charge in [0.05, 0.1) is 17.6 Å². The minimum absolute atomic E-state index is 0.0665. The molecule has 1 N–H and O–H groups in total. The standard InChI is InChI=1S/C18H14ClN5O/c1-24-9-14(18(23-24)13-4-11(10-25)6-20-7-13)12-5-16-15(21-8-12)2-3-17(19)22-16/h2-9,25H,10H2,1H3. The van der Waals surface area contributed by atoms with Gasteiger partial charge in [0.15, 0.2) is 0 Å². The number of aryl methyl sites for hydroxylation is 1. The van der Waals surface area contributed by atoms with Gasteiger partial charge in [0.1, 0.15) is 10.8 Å². The van der Waals surface area contributed by atoms with E-state index in [-0.39, 0.29) is 6.61 Å². The van der Waals surface area contributed by atoms with E-state index in [2.05, 4.69) is 20.1 Å². The third-order valence-electron chi connectivity index (χ3n) is 3.89. The van der Waals surface area contributed by atoms with Gasteiger partial charge in [0.2, 0.25) is 0 Å². The Labute approximate surface area is 148 Å². The molecule has 0 radical (unpaired) electrons. The van der Waals surface area contributed by atoms with Crippen molar-refractivity contribution in [3.05, 3.63) is 59.8 Å². The number of hydrogen-bond donors (Lipinski definition) is 1. The molecular weight excluding hydrogens is 338 g/mol. The van der Waals surface area contributed by atoms with Crippen LogP contribution in [0.2, 0.25) is 5.15 Å². The van der Waals surface area contributed by atoms with Crippen molar-refractivity contribution >= 4 is 22.6 Å². The lowest BCUT2D eigenvalue weighted by atomic mass is 10.0. The molecule has 0 saturated heterocycles. The lowest BCUT2D eigenvalue weighted by Gasteiger charge is -2.05. The molecule has 0 amide bonds. The topological polar surface area (TPSA) is 76.7 Å². The number of aliphatic hydroxyl groups is 1. The van der Waals surface area contributed by atoms with Crippen LogP contribution < -0.4 is 0 Å². The van der Waals surface area contributed by atoms with E-state index >= 15 is 0 Å². The van der Waals surface area contributed by atoms with Gasteiger partial charge in [-0.2, -0.15) is 5.10 Å². The molecule has 0 spiro atoms. The summed E-state index contributed by atoms with van der Waals surface area (Å²) in [6.07, 6.45) is 7.08. The molecule has 4 aromatic rings. The molecule has 124 valence electrons. The van der Waals surface area contributed by atoms with E-state index in [0.717, 1.165) is 39.0 Å². The predicted molar refractivity (Wildman–Crippen MR) is 95.9 cm³/mol. The van der Waals surface area contributed by atoms with Gasteiger partial charge in [0.25, 0.3) is 0 Å². The molecule has 0 unspecified atom stereocenters. The third kappa shape index (κ3) is 2.97. The highest BCUT2D eigenvalue weighted by Crippen LogP contribution is 2.31. The maximum absolute atomic E-state index is 9.35. The largest absolute Gasteiger partial charge is 0.392 e. The van der Waals surface area contributed by atoms with Crippen LogP contribution in [-0.2, 0) is 13.7 Å². The Morgan fingerprint density at radius 3 is 2.80 bits per heavy atom. The smallest absolute Gasteiger partial charge is 0.129 e. The zero-order chi connectivity index (χ0) is 17.4. The average Bonchev–Trinajstić information content (AvgIpc) is 3.03. The fourth-order valence-electron chi connectivity index (χ4n) is 2.75. The molecule has 4 heterocycles. The van der Waals surface area contributed by atoms with Crippen LogP contribution in [0.4, 0.5) is 0 Å². The molecule has 0 fully saturated rings. The van der Waals surface area contributed by atoms with Crippen molar-refractivity contribution in [2.75, 3.05) is 0 Å². The number of rotatable bonds is 3. The van der Waals surface area contributed by atoms with Crippen LogP contribution in [0.1, 0.15) is 5.56 Å². The number of aromatic nitrogens is 5. The van der Waals surface area contributed by atoms with Crippen LogP contribution in [0.3, 0.4) is 0 Å². The number of halogens is 1. The van der Waals surface area contributed by atoms with Gasteiger partial charge in [-0.05, 0) is 29.8 Å². The Morgan fingerprint density at radius 2 is 1.96 bits per heavy atom. The second-order valence-corrected chi connectivity index (χ2v) is 6.09. The third-order valence-corrected chi connectivity index (χ3v) is 4.10. The maximum Gasteiger partial charge on any atom is 0.129 e. The van der Waals surface area contributed by atoms with Crippen LogP contribution in [0, 0.1) is 0 Å². The molecule has 4 aromatic heterocycles. The highest BCUT2D eigenvalue weighted by molar-refractivity contribution is 6.29. The Morgan fingerprint density at radius 1 is 1.08 bits per heavy atom. The first-order chi connectivity index (χ1) is 12.1. The van der Waals surface area contributed by atoms with Crippen molar-refractivity contribution in [1.82, 2.24) is 24.7 Å². The van der Waals surface area contributed by atoms with Crippen LogP contribution in [0.5, 0.6) is 0 Å². The van der Waals surface area contributed by atoms with E-state index in [9.17, 15) is 5.11 Å². The Kier molecular flexibility index (Phi) is 3.91. The van der Waals surface area contributed by atoms with E-state index in [1.54, 1.807) is 29.3 Å². The van der Waals surface area contributed by atoms with Gasteiger partial charge in [-0.1, -0.05) is 11.6 Å². The summed E-state index contributed by atoms with van der Waals surface area (Å²) in [4.78, 5) is 13.0. The SMILES string of the molecule is Cn1cc(-c2cnc3ccc(Cl)nc3c2)c(-c2cncc(CO)c2)n1. The Hall–Kier alpha value is -2.83. The number of nitrogens with zero attached hydrogens (tertiary/aromatic N) is 5. The quantitative estimate of drug-likeness (QED) is 0.573. The lowest BCUT2D eigenvalue weighted by molar-refractivity contribution is 0.281. The maximum atomic E-state index is 9.35. The molecule has 0 aliphatic rings. The number of aliphatic hydroxyl groups excluding tert-OH is 1. The van der Waals surface area contributed by atoms with Crippen molar-refractivity contribution in [2.24, 2.45) is 7.05 Å². The van der Waals surface area contributed by atoms with Gasteiger partial charge >= 0.3 is 0 Å². The molecule has 0 bridgehead atoms. The van der Waals surface area contributed by atoms with E-state index in [4.69, 9.17) is 11.6 Å². The zero-order valence-corrected chi connectivity index (χ0v) is 14.1. The summed E-state index contributed by atoms with van der Waals surface area (Å²) in [7, 11) is 1.86. The molecular formula is C18H14ClN5O. The highest BCUT2D eigenvalue weighted by atomic mass is 35.5. The molecule has 25 heavy (non-hydrogen) atoms. The minimum atomic E-state index is -0.0665. The van der Waals surface area contributed by atoms with Crippen LogP contribution in [0.25, 0.3) is 33.4 Å². The van der Waals surface area contributed by atoms with E-state index in [1.807, 2.05) is 31.4 Å². The Bertz CT molecular complexity index is 1080. The summed E-state index contributed by atoms with van der Waals surface area (Å²) in [6.45, 7) is -0.0665. The zero-order valence-electron chi connectivity index (χ0n) is 13.4. The van der Waals surface area contributed by atoms with Gasteiger partial charge in [-0.3, -0.25) is 14.6 Å². The summed E-state index contributed by atoms with van der Waals surface area (Å²) in [6, 6.07) is 7.38. The molecule has 0 saturated carbocycles. The first-order valence-electron chi connectivity index (χ1n) is 7.65. The summed E-state index contributed by atoms with van der Waals surface area (Å²) in [5.74, 6) is 0. The summed E-state index contributed by atoms with van der Waals surface area (Å²) >= 11 is 5.99. The normalized spacial score (nSPS) is 11.2. The van der Waals surface area contributed by atoms with Crippen LogP contribution in [-0.4, -0.2) is 29.8 Å². The van der Waals surface area contributed by atoms with Gasteiger partial charge < -0.3 is 5.11 Å². The van der Waals surface area contributed by atoms with Gasteiger partial charge in [-0.15, -0.1) is 0 Å². The van der Waals surface area contributed by atoms with Crippen molar-refractivity contribution in [1.29, 1.82) is 0 Å². The summed E-state index contributed by atoms with van der Waals surface area (Å²) < 4.78 is 1.74. The van der Waals surface area contributed by atoms with Crippen LogP contribution >= 0.6 is 11.6 Å². The molecule has 6 nitrogen and oxygen atoms in total. The Balaban J connectivity index is 1.88. The minimum Gasteiger partial charge on any atom is -0.392 e. The van der Waals surface area contributed by atoms with Crippen molar-refractivity contribution < 1.29 is 5.11 Å². The lowest BCUT2D eigenvalue weighted by Crippen LogP contribution is -1.91. The molecule has 0 aromatic carbocycles. The van der Waals surface area contributed by atoms with Gasteiger partial charge in [-0.25, -0.2) is 4.98 Å². The molecule has 7 heteroatoms. The van der Waals surface area contributed by atoms with Crippen molar-refractivity contribution in [2.45, 2.75) is 6.61 Å². The fourth-order valence-corrected chi connectivity index (χ4v) is 2.90. The van der Waals surface area contributed by atoms with Crippen LogP contribution in [0.15, 0.2) is 49.1 Å². The molecule has 0 aliphatic heterocycles. The first kappa shape index (κ1) is 15.7. The van der Waals surface area contributed by atoms with E-state index < -0.39 is 0 Å². The molecule has 0 atom stereocenters. The second-order valence-electron chi connectivity index (χ2n) is 5.70. The van der Waals surface area contributed by atoms with E-state index in [1.165, 1.54) is 0 Å². The number of hydrogen-bond acceptors (Lipinski definition) is 5. The van der Waals surface area contributed by atoms with Gasteiger partial charge in [0, 0.05) is 48.5 Å². The van der Waals surface area contributed by atoms with Crippen molar-refractivity contribution in [3.8, 4) is 22.4 Å². The summed E-state index contributed by atoms with van der Waals surface area (Å²) in [5.41, 5.74) is 5.65.